The fourth-order valence-corrected chi connectivity index (χ4v) is 0.613. The molecule has 0 spiro atoms. The maximum Gasteiger partial charge on any atom is 0.308 e. The third kappa shape index (κ3) is 5.09. The average Bonchev–Trinajstić information content (AvgIpc) is 2.00. The quantitative estimate of drug-likeness (QED) is 0.470. The second kappa shape index (κ2) is 5.97. The number of aliphatic hydroxyl groups excluding tert-OH is 2. The van der Waals surface area contributed by atoms with E-state index in [2.05, 4.69) is 4.74 Å². The summed E-state index contributed by atoms with van der Waals surface area (Å²) in [6.45, 7) is 3.32. The van der Waals surface area contributed by atoms with Gasteiger partial charge in [0.05, 0.1) is 0 Å². The number of ether oxygens (including phenoxy) is 1. The molecule has 2 atom stereocenters. The number of carbonyl (C=O) groups is 1. The van der Waals surface area contributed by atoms with E-state index in [0.717, 1.165) is 12.8 Å². The highest BCUT2D eigenvalue weighted by molar-refractivity contribution is 5.69. The molecule has 0 aromatic rings. The Labute approximate surface area is 72.2 Å². The van der Waals surface area contributed by atoms with Gasteiger partial charge in [-0.1, -0.05) is 13.3 Å². The Kier molecular flexibility index (Phi) is 5.66. The molecule has 0 fully saturated rings. The lowest BCUT2D eigenvalue weighted by Gasteiger charge is -2.13. The number of carbonyl (C=O) groups excluding carboxylic acids is 1. The van der Waals surface area contributed by atoms with Crippen molar-refractivity contribution in [1.29, 1.82) is 0 Å². The van der Waals surface area contributed by atoms with Gasteiger partial charge in [0.25, 0.3) is 0 Å². The van der Waals surface area contributed by atoms with E-state index in [4.69, 9.17) is 10.2 Å². The SMILES string of the molecule is CCCCC(=O)OC(O)C(C)O. The van der Waals surface area contributed by atoms with Gasteiger partial charge in [-0.3, -0.25) is 4.79 Å². The third-order valence-corrected chi connectivity index (χ3v) is 1.40. The van der Waals surface area contributed by atoms with Gasteiger partial charge in [0.2, 0.25) is 6.29 Å². The summed E-state index contributed by atoms with van der Waals surface area (Å²) >= 11 is 0. The van der Waals surface area contributed by atoms with E-state index in [9.17, 15) is 4.79 Å². The summed E-state index contributed by atoms with van der Waals surface area (Å²) in [5, 5.41) is 17.7. The van der Waals surface area contributed by atoms with E-state index in [1.54, 1.807) is 0 Å². The van der Waals surface area contributed by atoms with Crippen LogP contribution < -0.4 is 0 Å². The zero-order valence-electron chi connectivity index (χ0n) is 7.49. The van der Waals surface area contributed by atoms with Crippen molar-refractivity contribution < 1.29 is 19.7 Å². The monoisotopic (exact) mass is 176 g/mol. The van der Waals surface area contributed by atoms with Crippen molar-refractivity contribution in [2.75, 3.05) is 0 Å². The van der Waals surface area contributed by atoms with Crippen LogP contribution in [-0.4, -0.2) is 28.6 Å². The minimum absolute atomic E-state index is 0.292. The maximum absolute atomic E-state index is 10.8. The largest absolute Gasteiger partial charge is 0.433 e. The zero-order chi connectivity index (χ0) is 9.56. The lowest BCUT2D eigenvalue weighted by molar-refractivity contribution is -0.184. The van der Waals surface area contributed by atoms with Gasteiger partial charge in [-0.05, 0) is 13.3 Å². The molecule has 0 saturated heterocycles. The molecule has 0 heterocycles. The molecule has 0 aromatic carbocycles. The third-order valence-electron chi connectivity index (χ3n) is 1.40. The highest BCUT2D eigenvalue weighted by Crippen LogP contribution is 2.01. The van der Waals surface area contributed by atoms with E-state index in [0.29, 0.717) is 6.42 Å². The number of rotatable bonds is 5. The number of aliphatic hydroxyl groups is 2. The normalized spacial score (nSPS) is 15.3. The van der Waals surface area contributed by atoms with Crippen LogP contribution in [0.25, 0.3) is 0 Å². The molecular weight excluding hydrogens is 160 g/mol. The summed E-state index contributed by atoms with van der Waals surface area (Å²) in [4.78, 5) is 10.8. The van der Waals surface area contributed by atoms with Crippen molar-refractivity contribution in [3.05, 3.63) is 0 Å². The first kappa shape index (κ1) is 11.4. The standard InChI is InChI=1S/C8H16O4/c1-3-4-5-7(10)12-8(11)6(2)9/h6,8-9,11H,3-5H2,1-2H3. The molecule has 0 amide bonds. The van der Waals surface area contributed by atoms with Gasteiger partial charge in [-0.15, -0.1) is 0 Å². The van der Waals surface area contributed by atoms with Crippen LogP contribution in [0.3, 0.4) is 0 Å². The summed E-state index contributed by atoms with van der Waals surface area (Å²) in [6, 6.07) is 0. The molecule has 0 aliphatic heterocycles. The van der Waals surface area contributed by atoms with Gasteiger partial charge in [0, 0.05) is 6.42 Å². The number of hydrogen-bond acceptors (Lipinski definition) is 4. The van der Waals surface area contributed by atoms with Gasteiger partial charge in [0.15, 0.2) is 0 Å². The van der Waals surface area contributed by atoms with Crippen LogP contribution in [0.1, 0.15) is 33.1 Å². The molecule has 0 aromatic heterocycles. The summed E-state index contributed by atoms with van der Waals surface area (Å²) in [6.07, 6.45) is -0.490. The Morgan fingerprint density at radius 1 is 1.50 bits per heavy atom. The van der Waals surface area contributed by atoms with Gasteiger partial charge >= 0.3 is 5.97 Å². The summed E-state index contributed by atoms with van der Waals surface area (Å²) in [7, 11) is 0. The van der Waals surface area contributed by atoms with E-state index in [-0.39, 0.29) is 0 Å². The number of esters is 1. The molecule has 2 N–H and O–H groups in total. The second-order valence-corrected chi connectivity index (χ2v) is 2.72. The summed E-state index contributed by atoms with van der Waals surface area (Å²) < 4.78 is 4.48. The molecular formula is C8H16O4. The van der Waals surface area contributed by atoms with Crippen LogP contribution in [0.15, 0.2) is 0 Å². The van der Waals surface area contributed by atoms with E-state index < -0.39 is 18.4 Å². The van der Waals surface area contributed by atoms with Gasteiger partial charge < -0.3 is 14.9 Å². The highest BCUT2D eigenvalue weighted by atomic mass is 16.6. The maximum atomic E-state index is 10.8. The van der Waals surface area contributed by atoms with Crippen molar-refractivity contribution in [3.8, 4) is 0 Å². The molecule has 4 heteroatoms. The van der Waals surface area contributed by atoms with Crippen molar-refractivity contribution in [3.63, 3.8) is 0 Å². The number of hydrogen-bond donors (Lipinski definition) is 2. The van der Waals surface area contributed by atoms with Crippen molar-refractivity contribution in [1.82, 2.24) is 0 Å². The first-order valence-electron chi connectivity index (χ1n) is 4.13. The van der Waals surface area contributed by atoms with Crippen LogP contribution in [0.5, 0.6) is 0 Å². The van der Waals surface area contributed by atoms with Gasteiger partial charge in [-0.25, -0.2) is 0 Å². The molecule has 0 aliphatic carbocycles. The molecule has 0 saturated carbocycles. The lowest BCUT2D eigenvalue weighted by atomic mass is 10.2. The smallest absolute Gasteiger partial charge is 0.308 e. The highest BCUT2D eigenvalue weighted by Gasteiger charge is 2.15. The van der Waals surface area contributed by atoms with Gasteiger partial charge in [-0.2, -0.15) is 0 Å². The second-order valence-electron chi connectivity index (χ2n) is 2.72. The average molecular weight is 176 g/mol. The molecule has 0 radical (unpaired) electrons. The Hall–Kier alpha value is -0.610. The first-order valence-corrected chi connectivity index (χ1v) is 4.13. The molecule has 0 aliphatic rings. The molecule has 2 unspecified atom stereocenters. The molecule has 4 nitrogen and oxygen atoms in total. The fourth-order valence-electron chi connectivity index (χ4n) is 0.613. The van der Waals surface area contributed by atoms with E-state index in [1.807, 2.05) is 6.92 Å². The lowest BCUT2D eigenvalue weighted by Crippen LogP contribution is -2.28. The van der Waals surface area contributed by atoms with Crippen molar-refractivity contribution >= 4 is 5.97 Å². The van der Waals surface area contributed by atoms with Crippen LogP contribution in [-0.2, 0) is 9.53 Å². The van der Waals surface area contributed by atoms with Crippen LogP contribution in [0, 0.1) is 0 Å². The minimum Gasteiger partial charge on any atom is -0.433 e. The Morgan fingerprint density at radius 3 is 2.50 bits per heavy atom. The Balaban J connectivity index is 3.54. The molecule has 0 rings (SSSR count). The van der Waals surface area contributed by atoms with E-state index in [1.165, 1.54) is 6.92 Å². The van der Waals surface area contributed by atoms with Crippen LogP contribution >= 0.6 is 0 Å². The van der Waals surface area contributed by atoms with Crippen molar-refractivity contribution in [2.24, 2.45) is 0 Å². The topological polar surface area (TPSA) is 66.8 Å². The predicted molar refractivity (Wildman–Crippen MR) is 43.3 cm³/mol. The number of unbranched alkanes of at least 4 members (excludes halogenated alkanes) is 1. The molecule has 72 valence electrons. The van der Waals surface area contributed by atoms with Crippen LogP contribution in [0.4, 0.5) is 0 Å². The summed E-state index contributed by atoms with van der Waals surface area (Å²) in [5.74, 6) is -0.467. The van der Waals surface area contributed by atoms with Gasteiger partial charge in [0.1, 0.15) is 6.10 Å². The summed E-state index contributed by atoms with van der Waals surface area (Å²) in [5.41, 5.74) is 0. The van der Waals surface area contributed by atoms with Crippen LogP contribution in [0.2, 0.25) is 0 Å². The van der Waals surface area contributed by atoms with E-state index >= 15 is 0 Å². The molecule has 12 heavy (non-hydrogen) atoms. The predicted octanol–water partition coefficient (Wildman–Crippen LogP) is 0.419. The first-order chi connectivity index (χ1) is 5.57. The Morgan fingerprint density at radius 2 is 2.08 bits per heavy atom. The zero-order valence-corrected chi connectivity index (χ0v) is 7.49. The molecule has 0 bridgehead atoms. The Bertz CT molecular complexity index is 133. The van der Waals surface area contributed by atoms with Crippen molar-refractivity contribution in [2.45, 2.75) is 45.5 Å². The fraction of sp³-hybridized carbons (Fsp3) is 0.875. The minimum atomic E-state index is -1.39.